The average Bonchev–Trinajstić information content (AvgIpc) is 2.67. The second-order valence-corrected chi connectivity index (χ2v) is 5.82. The van der Waals surface area contributed by atoms with Gasteiger partial charge in [-0.25, -0.2) is 0 Å². The summed E-state index contributed by atoms with van der Waals surface area (Å²) in [4.78, 5) is 16.2. The van der Waals surface area contributed by atoms with Crippen molar-refractivity contribution in [3.63, 3.8) is 0 Å². The highest BCUT2D eigenvalue weighted by Crippen LogP contribution is 2.27. The molecule has 0 radical (unpaired) electrons. The van der Waals surface area contributed by atoms with Crippen molar-refractivity contribution < 1.29 is 19.4 Å². The van der Waals surface area contributed by atoms with Crippen molar-refractivity contribution in [2.45, 2.75) is 0 Å². The van der Waals surface area contributed by atoms with Crippen molar-refractivity contribution in [3.05, 3.63) is 48.5 Å². The van der Waals surface area contributed by atoms with E-state index in [4.69, 9.17) is 9.47 Å². The summed E-state index contributed by atoms with van der Waals surface area (Å²) in [5, 5.41) is 9.93. The first-order valence-electron chi connectivity index (χ1n) is 8.25. The zero-order chi connectivity index (χ0) is 17.6. The Morgan fingerprint density at radius 1 is 1.00 bits per heavy atom. The van der Waals surface area contributed by atoms with Gasteiger partial charge in [-0.2, -0.15) is 0 Å². The summed E-state index contributed by atoms with van der Waals surface area (Å²) in [6.07, 6.45) is 0. The molecule has 1 saturated heterocycles. The number of ether oxygens (including phenoxy) is 2. The Bertz CT molecular complexity index is 710. The Kier molecular flexibility index (Phi) is 5.28. The summed E-state index contributed by atoms with van der Waals surface area (Å²) in [6.45, 7) is 2.61. The molecule has 1 N–H and O–H groups in total. The van der Waals surface area contributed by atoms with Gasteiger partial charge in [0.2, 0.25) is 0 Å². The Balaban J connectivity index is 1.49. The zero-order valence-corrected chi connectivity index (χ0v) is 14.2. The highest BCUT2D eigenvalue weighted by molar-refractivity contribution is 5.78. The van der Waals surface area contributed by atoms with E-state index >= 15 is 0 Å². The third kappa shape index (κ3) is 4.15. The monoisotopic (exact) mass is 342 g/mol. The summed E-state index contributed by atoms with van der Waals surface area (Å²) in [6, 6.07) is 14.4. The largest absolute Gasteiger partial charge is 0.506 e. The standard InChI is InChI=1S/C19H22N2O4/c1-24-15-6-8-16(9-7-15)25-14-19(23)21-12-10-20(11-13-21)17-4-2-3-5-18(17)22/h2-9,22H,10-14H2,1H3. The van der Waals surface area contributed by atoms with Crippen molar-refractivity contribution in [2.75, 3.05) is 44.8 Å². The van der Waals surface area contributed by atoms with Crippen molar-refractivity contribution >= 4 is 11.6 Å². The number of methoxy groups -OCH3 is 1. The smallest absolute Gasteiger partial charge is 0.260 e. The highest BCUT2D eigenvalue weighted by atomic mass is 16.5. The molecule has 1 heterocycles. The van der Waals surface area contributed by atoms with E-state index in [1.54, 1.807) is 48.4 Å². The summed E-state index contributed by atoms with van der Waals surface area (Å²) in [5.74, 6) is 1.62. The quantitative estimate of drug-likeness (QED) is 0.902. The van der Waals surface area contributed by atoms with Gasteiger partial charge in [-0.1, -0.05) is 12.1 Å². The third-order valence-electron chi connectivity index (χ3n) is 4.28. The number of anilines is 1. The van der Waals surface area contributed by atoms with Crippen LogP contribution >= 0.6 is 0 Å². The van der Waals surface area contributed by atoms with Gasteiger partial charge in [0, 0.05) is 26.2 Å². The number of phenols is 1. The molecule has 2 aromatic carbocycles. The van der Waals surface area contributed by atoms with E-state index in [-0.39, 0.29) is 18.3 Å². The topological polar surface area (TPSA) is 62.2 Å². The fourth-order valence-corrected chi connectivity index (χ4v) is 2.84. The lowest BCUT2D eigenvalue weighted by Gasteiger charge is -2.36. The molecule has 6 heteroatoms. The molecule has 0 atom stereocenters. The number of rotatable bonds is 5. The van der Waals surface area contributed by atoms with Gasteiger partial charge in [-0.05, 0) is 36.4 Å². The minimum absolute atomic E-state index is 0.0168. The second-order valence-electron chi connectivity index (χ2n) is 5.82. The molecule has 0 saturated carbocycles. The first kappa shape index (κ1) is 17.0. The molecular weight excluding hydrogens is 320 g/mol. The van der Waals surface area contributed by atoms with Gasteiger partial charge in [0.25, 0.3) is 5.91 Å². The summed E-state index contributed by atoms with van der Waals surface area (Å²) >= 11 is 0. The summed E-state index contributed by atoms with van der Waals surface area (Å²) in [5.41, 5.74) is 0.809. The van der Waals surface area contributed by atoms with E-state index in [1.165, 1.54) is 0 Å². The first-order chi connectivity index (χ1) is 12.2. The van der Waals surface area contributed by atoms with Crippen molar-refractivity contribution in [3.8, 4) is 17.2 Å². The van der Waals surface area contributed by atoms with Gasteiger partial charge < -0.3 is 24.4 Å². The Labute approximate surface area is 147 Å². The molecule has 132 valence electrons. The van der Waals surface area contributed by atoms with Gasteiger partial charge in [0.15, 0.2) is 6.61 Å². The molecule has 0 aromatic heterocycles. The molecule has 1 aliphatic rings. The molecule has 6 nitrogen and oxygen atoms in total. The Morgan fingerprint density at radius 3 is 2.28 bits per heavy atom. The normalized spacial score (nSPS) is 14.3. The van der Waals surface area contributed by atoms with Gasteiger partial charge >= 0.3 is 0 Å². The number of benzene rings is 2. The lowest BCUT2D eigenvalue weighted by atomic mass is 10.2. The van der Waals surface area contributed by atoms with Crippen LogP contribution in [0.4, 0.5) is 5.69 Å². The number of carbonyl (C=O) groups excluding carboxylic acids is 1. The van der Waals surface area contributed by atoms with Crippen LogP contribution in [-0.4, -0.2) is 55.8 Å². The fraction of sp³-hybridized carbons (Fsp3) is 0.316. The molecule has 0 unspecified atom stereocenters. The molecule has 1 aliphatic heterocycles. The predicted molar refractivity (Wildman–Crippen MR) is 95.4 cm³/mol. The number of nitrogens with zero attached hydrogens (tertiary/aromatic N) is 2. The number of hydrogen-bond acceptors (Lipinski definition) is 5. The minimum Gasteiger partial charge on any atom is -0.506 e. The second kappa shape index (κ2) is 7.79. The van der Waals surface area contributed by atoms with Crippen LogP contribution < -0.4 is 14.4 Å². The molecule has 1 amide bonds. The molecule has 1 fully saturated rings. The van der Waals surface area contributed by atoms with Crippen molar-refractivity contribution in [2.24, 2.45) is 0 Å². The highest BCUT2D eigenvalue weighted by Gasteiger charge is 2.22. The maximum absolute atomic E-state index is 12.3. The zero-order valence-electron chi connectivity index (χ0n) is 14.2. The molecule has 25 heavy (non-hydrogen) atoms. The van der Waals surface area contributed by atoms with Gasteiger partial charge in [0.05, 0.1) is 12.8 Å². The summed E-state index contributed by atoms with van der Waals surface area (Å²) < 4.78 is 10.6. The molecular formula is C19H22N2O4. The average molecular weight is 342 g/mol. The number of piperazine rings is 1. The Morgan fingerprint density at radius 2 is 1.64 bits per heavy atom. The van der Waals surface area contributed by atoms with E-state index in [2.05, 4.69) is 4.90 Å². The van der Waals surface area contributed by atoms with Crippen molar-refractivity contribution in [1.82, 2.24) is 4.90 Å². The van der Waals surface area contributed by atoms with Crippen molar-refractivity contribution in [1.29, 1.82) is 0 Å². The number of carbonyl (C=O) groups is 1. The van der Waals surface area contributed by atoms with E-state index in [1.807, 2.05) is 12.1 Å². The lowest BCUT2D eigenvalue weighted by Crippen LogP contribution is -2.50. The molecule has 0 aliphatic carbocycles. The van der Waals surface area contributed by atoms with Crippen LogP contribution in [0.3, 0.4) is 0 Å². The number of hydrogen-bond donors (Lipinski definition) is 1. The SMILES string of the molecule is COc1ccc(OCC(=O)N2CCN(c3ccccc3O)CC2)cc1. The molecule has 2 aromatic rings. The van der Waals surface area contributed by atoms with E-state index in [9.17, 15) is 9.90 Å². The maximum Gasteiger partial charge on any atom is 0.260 e. The number of amides is 1. The molecule has 0 spiro atoms. The maximum atomic E-state index is 12.3. The van der Waals surface area contributed by atoms with Crippen LogP contribution in [0.1, 0.15) is 0 Å². The molecule has 3 rings (SSSR count). The molecule has 0 bridgehead atoms. The minimum atomic E-state index is -0.0345. The lowest BCUT2D eigenvalue weighted by molar-refractivity contribution is -0.133. The van der Waals surface area contributed by atoms with E-state index in [0.717, 1.165) is 11.4 Å². The van der Waals surface area contributed by atoms with Gasteiger partial charge in [-0.15, -0.1) is 0 Å². The van der Waals surface area contributed by atoms with Crippen LogP contribution in [0, 0.1) is 0 Å². The van der Waals surface area contributed by atoms with Crippen LogP contribution in [0.15, 0.2) is 48.5 Å². The van der Waals surface area contributed by atoms with E-state index < -0.39 is 0 Å². The predicted octanol–water partition coefficient (Wildman–Crippen LogP) is 2.13. The fourth-order valence-electron chi connectivity index (χ4n) is 2.84. The number of para-hydroxylation sites is 2. The summed E-state index contributed by atoms with van der Waals surface area (Å²) in [7, 11) is 1.61. The van der Waals surface area contributed by atoms with Gasteiger partial charge in [0.1, 0.15) is 17.2 Å². The van der Waals surface area contributed by atoms with E-state index in [0.29, 0.717) is 31.9 Å². The third-order valence-corrected chi connectivity index (χ3v) is 4.28. The van der Waals surface area contributed by atoms with Crippen LogP contribution in [0.5, 0.6) is 17.2 Å². The number of phenolic OH excluding ortho intramolecular Hbond substituents is 1. The van der Waals surface area contributed by atoms with Crippen LogP contribution in [0.25, 0.3) is 0 Å². The Hall–Kier alpha value is -2.89. The van der Waals surface area contributed by atoms with Gasteiger partial charge in [-0.3, -0.25) is 4.79 Å². The first-order valence-corrected chi connectivity index (χ1v) is 8.25. The van der Waals surface area contributed by atoms with Crippen LogP contribution in [0.2, 0.25) is 0 Å². The number of aromatic hydroxyl groups is 1. The van der Waals surface area contributed by atoms with Crippen LogP contribution in [-0.2, 0) is 4.79 Å².